The Bertz CT molecular complexity index is 498. The number of aliphatic carboxylic acids is 1. The van der Waals surface area contributed by atoms with Crippen molar-refractivity contribution in [2.45, 2.75) is 0 Å². The highest BCUT2D eigenvalue weighted by Crippen LogP contribution is 2.25. The zero-order chi connectivity index (χ0) is 15.1. The average molecular weight is 366 g/mol. The van der Waals surface area contributed by atoms with Crippen molar-refractivity contribution in [1.29, 1.82) is 0 Å². The lowest BCUT2D eigenvalue weighted by atomic mass is 10.3. The van der Waals surface area contributed by atoms with E-state index < -0.39 is 18.5 Å². The number of carbonyl (C=O) groups is 2. The lowest BCUT2D eigenvalue weighted by Gasteiger charge is -2.21. The van der Waals surface area contributed by atoms with Gasteiger partial charge < -0.3 is 20.1 Å². The monoisotopic (exact) mass is 364 g/mol. The number of urea groups is 1. The molecule has 8 heteroatoms. The lowest BCUT2D eigenvalue weighted by Crippen LogP contribution is -2.40. The average Bonchev–Trinajstić information content (AvgIpc) is 2.38. The number of carboxylic acid groups (broad SMARTS) is 1. The normalized spacial score (nSPS) is 10.2. The molecule has 0 aromatic heterocycles. The van der Waals surface area contributed by atoms with E-state index in [-0.39, 0.29) is 13.2 Å². The number of benzene rings is 1. The van der Waals surface area contributed by atoms with E-state index in [0.717, 1.165) is 9.37 Å². The van der Waals surface area contributed by atoms with E-state index in [1.807, 2.05) is 0 Å². The van der Waals surface area contributed by atoms with E-state index in [9.17, 15) is 9.59 Å². The maximum absolute atomic E-state index is 12.0. The van der Waals surface area contributed by atoms with E-state index >= 15 is 0 Å². The summed E-state index contributed by atoms with van der Waals surface area (Å²) in [5.74, 6) is -1.10. The summed E-state index contributed by atoms with van der Waals surface area (Å²) in [6, 6.07) is 4.44. The molecule has 6 nitrogen and oxygen atoms in total. The summed E-state index contributed by atoms with van der Waals surface area (Å²) in [4.78, 5) is 23.9. The predicted octanol–water partition coefficient (Wildman–Crippen LogP) is 2.67. The molecule has 110 valence electrons. The minimum absolute atomic E-state index is 0.167. The van der Waals surface area contributed by atoms with Crippen LogP contribution in [0.4, 0.5) is 10.5 Å². The van der Waals surface area contributed by atoms with Crippen molar-refractivity contribution in [1.82, 2.24) is 4.90 Å². The third-order valence-corrected chi connectivity index (χ3v) is 3.17. The molecule has 2 N–H and O–H groups in total. The summed E-state index contributed by atoms with van der Waals surface area (Å²) in [5, 5.41) is 11.7. The van der Waals surface area contributed by atoms with Crippen LogP contribution in [-0.4, -0.2) is 48.8 Å². The summed E-state index contributed by atoms with van der Waals surface area (Å²) >= 11 is 9.23. The molecule has 0 aliphatic carbocycles. The van der Waals surface area contributed by atoms with Crippen molar-refractivity contribution in [3.63, 3.8) is 0 Å². The number of amides is 2. The zero-order valence-corrected chi connectivity index (χ0v) is 13.1. The highest BCUT2D eigenvalue weighted by molar-refractivity contribution is 9.10. The van der Waals surface area contributed by atoms with Crippen LogP contribution in [0.1, 0.15) is 0 Å². The molecule has 0 radical (unpaired) electrons. The Balaban J connectivity index is 2.78. The summed E-state index contributed by atoms with van der Waals surface area (Å²) in [6.45, 7) is -0.00596. The molecule has 0 aliphatic rings. The number of nitrogens with one attached hydrogen (secondary N) is 1. The number of carboxylic acids is 1. The van der Waals surface area contributed by atoms with Gasteiger partial charge in [-0.1, -0.05) is 27.5 Å². The van der Waals surface area contributed by atoms with Gasteiger partial charge in [-0.15, -0.1) is 0 Å². The summed E-state index contributed by atoms with van der Waals surface area (Å²) in [6.07, 6.45) is 0. The quantitative estimate of drug-likeness (QED) is 0.812. The first-order valence-electron chi connectivity index (χ1n) is 5.65. The molecular formula is C12H14BrClN2O4. The Kier molecular flexibility index (Phi) is 6.77. The number of methoxy groups -OCH3 is 1. The molecule has 1 aromatic carbocycles. The summed E-state index contributed by atoms with van der Waals surface area (Å²) < 4.78 is 5.60. The fourth-order valence-corrected chi connectivity index (χ4v) is 1.93. The summed E-state index contributed by atoms with van der Waals surface area (Å²) in [7, 11) is 1.47. The Hall–Kier alpha value is -1.31. The van der Waals surface area contributed by atoms with Gasteiger partial charge in [0.2, 0.25) is 0 Å². The SMILES string of the molecule is COCCN(CC(=O)O)C(=O)Nc1cc(Br)ccc1Cl. The fourth-order valence-electron chi connectivity index (χ4n) is 1.40. The second-order valence-electron chi connectivity index (χ2n) is 3.86. The highest BCUT2D eigenvalue weighted by Gasteiger charge is 2.17. The van der Waals surface area contributed by atoms with E-state index in [1.54, 1.807) is 18.2 Å². The maximum Gasteiger partial charge on any atom is 0.323 e. The number of hydrogen-bond donors (Lipinski definition) is 2. The molecule has 0 saturated carbocycles. The Morgan fingerprint density at radius 2 is 2.20 bits per heavy atom. The van der Waals surface area contributed by atoms with Crippen LogP contribution in [0.5, 0.6) is 0 Å². The summed E-state index contributed by atoms with van der Waals surface area (Å²) in [5.41, 5.74) is 0.402. The molecule has 1 aromatic rings. The standard InChI is InChI=1S/C12H14BrClN2O4/c1-20-5-4-16(7-11(17)18)12(19)15-10-6-8(13)2-3-9(10)14/h2-3,6H,4-5,7H2,1H3,(H,15,19)(H,17,18). The molecule has 0 unspecified atom stereocenters. The van der Waals surface area contributed by atoms with Crippen molar-refractivity contribution < 1.29 is 19.4 Å². The highest BCUT2D eigenvalue weighted by atomic mass is 79.9. The molecule has 0 atom stereocenters. The molecule has 1 rings (SSSR count). The third-order valence-electron chi connectivity index (χ3n) is 2.35. The van der Waals surface area contributed by atoms with Gasteiger partial charge in [0.15, 0.2) is 0 Å². The second-order valence-corrected chi connectivity index (χ2v) is 5.19. The van der Waals surface area contributed by atoms with Crippen molar-refractivity contribution in [3.05, 3.63) is 27.7 Å². The van der Waals surface area contributed by atoms with Gasteiger partial charge >= 0.3 is 12.0 Å². The van der Waals surface area contributed by atoms with Crippen LogP contribution in [0.3, 0.4) is 0 Å². The number of halogens is 2. The number of ether oxygens (including phenoxy) is 1. The first kappa shape index (κ1) is 16.7. The fraction of sp³-hybridized carbons (Fsp3) is 0.333. The van der Waals surface area contributed by atoms with E-state index in [1.165, 1.54) is 7.11 Å². The van der Waals surface area contributed by atoms with Crippen LogP contribution in [0.15, 0.2) is 22.7 Å². The van der Waals surface area contributed by atoms with E-state index in [2.05, 4.69) is 21.2 Å². The topological polar surface area (TPSA) is 78.9 Å². The van der Waals surface area contributed by atoms with Crippen LogP contribution in [0.2, 0.25) is 5.02 Å². The second kappa shape index (κ2) is 8.08. The van der Waals surface area contributed by atoms with Gasteiger partial charge in [0.1, 0.15) is 6.54 Å². The molecule has 2 amide bonds. The van der Waals surface area contributed by atoms with Gasteiger partial charge in [0, 0.05) is 18.1 Å². The van der Waals surface area contributed by atoms with Crippen LogP contribution in [0.25, 0.3) is 0 Å². The molecule has 0 bridgehead atoms. The molecule has 0 spiro atoms. The van der Waals surface area contributed by atoms with Crippen LogP contribution in [0, 0.1) is 0 Å². The van der Waals surface area contributed by atoms with Crippen LogP contribution >= 0.6 is 27.5 Å². The first-order valence-corrected chi connectivity index (χ1v) is 6.83. The third kappa shape index (κ3) is 5.36. The zero-order valence-electron chi connectivity index (χ0n) is 10.7. The van der Waals surface area contributed by atoms with Crippen molar-refractivity contribution in [2.24, 2.45) is 0 Å². The van der Waals surface area contributed by atoms with Crippen LogP contribution in [-0.2, 0) is 9.53 Å². The number of nitrogens with zero attached hydrogens (tertiary/aromatic N) is 1. The number of rotatable bonds is 6. The maximum atomic E-state index is 12.0. The van der Waals surface area contributed by atoms with Gasteiger partial charge in [-0.3, -0.25) is 4.79 Å². The Morgan fingerprint density at radius 3 is 2.80 bits per heavy atom. The van der Waals surface area contributed by atoms with Crippen molar-refractivity contribution in [3.8, 4) is 0 Å². The van der Waals surface area contributed by atoms with Gasteiger partial charge in [-0.05, 0) is 18.2 Å². The van der Waals surface area contributed by atoms with Gasteiger partial charge in [0.25, 0.3) is 0 Å². The first-order chi connectivity index (χ1) is 9.43. The minimum Gasteiger partial charge on any atom is -0.480 e. The number of anilines is 1. The van der Waals surface area contributed by atoms with Crippen molar-refractivity contribution in [2.75, 3.05) is 32.1 Å². The molecule has 0 aliphatic heterocycles. The lowest BCUT2D eigenvalue weighted by molar-refractivity contribution is -0.137. The molecule has 0 heterocycles. The molecule has 20 heavy (non-hydrogen) atoms. The van der Waals surface area contributed by atoms with E-state index in [0.29, 0.717) is 10.7 Å². The largest absolute Gasteiger partial charge is 0.480 e. The Labute approximate surface area is 129 Å². The van der Waals surface area contributed by atoms with Gasteiger partial charge in [-0.2, -0.15) is 0 Å². The molecule has 0 fully saturated rings. The number of carbonyl (C=O) groups excluding carboxylic acids is 1. The minimum atomic E-state index is -1.10. The van der Waals surface area contributed by atoms with Crippen LogP contribution < -0.4 is 5.32 Å². The van der Waals surface area contributed by atoms with Crippen molar-refractivity contribution >= 4 is 45.2 Å². The predicted molar refractivity (Wildman–Crippen MR) is 79.3 cm³/mol. The van der Waals surface area contributed by atoms with Gasteiger partial charge in [0.05, 0.1) is 17.3 Å². The Morgan fingerprint density at radius 1 is 1.50 bits per heavy atom. The van der Waals surface area contributed by atoms with Gasteiger partial charge in [-0.25, -0.2) is 4.79 Å². The molecular weight excluding hydrogens is 351 g/mol. The number of hydrogen-bond acceptors (Lipinski definition) is 3. The smallest absolute Gasteiger partial charge is 0.323 e. The van der Waals surface area contributed by atoms with E-state index in [4.69, 9.17) is 21.4 Å². The molecule has 0 saturated heterocycles.